The van der Waals surface area contributed by atoms with Crippen molar-refractivity contribution in [3.63, 3.8) is 0 Å². The van der Waals surface area contributed by atoms with Crippen LogP contribution in [-0.4, -0.2) is 77.0 Å². The fourth-order valence-electron chi connectivity index (χ4n) is 4.08. The maximum absolute atomic E-state index is 11.8. The molecule has 1 amide bonds. The first-order chi connectivity index (χ1) is 22.1. The molecule has 0 aliphatic carbocycles. The second kappa shape index (κ2) is 24.5. The molecule has 1 N–H and O–H groups in total. The standard InChI is InChI=1S/C12H14N2O4.C7H4ClNO4.C6H15N.C5H11N.CH4/c15-12(13-8-2-1-3-9-13)18-11-6-4-10(5-7-11)14(16)17;8-7(10)13-6-3-1-5(2-4-6)9(11)12;1-4-7(5-2)6-3;1-2-4-6-5-3-1;/h4-7H,1-3,8-9H2;1-4H;4-6H2,1-3H3;6H,1-5H2;1H4/i;;;;1D. The first-order valence-corrected chi connectivity index (χ1v) is 15.2. The molecule has 2 aliphatic rings. The number of ether oxygens (including phenoxy) is 2. The van der Waals surface area contributed by atoms with Gasteiger partial charge in [0.1, 0.15) is 11.5 Å². The average molecular weight is 655 g/mol. The van der Waals surface area contributed by atoms with Crippen LogP contribution in [0.3, 0.4) is 0 Å². The molecule has 13 nitrogen and oxygen atoms in total. The van der Waals surface area contributed by atoms with Crippen LogP contribution in [0.25, 0.3) is 0 Å². The minimum atomic E-state index is -0.978. The maximum atomic E-state index is 11.8. The van der Waals surface area contributed by atoms with E-state index in [1.54, 1.807) is 4.90 Å². The molecule has 2 fully saturated rings. The fraction of sp³-hybridized carbons (Fsp3) is 0.548. The predicted molar refractivity (Wildman–Crippen MR) is 176 cm³/mol. The lowest BCUT2D eigenvalue weighted by Gasteiger charge is -2.25. The summed E-state index contributed by atoms with van der Waals surface area (Å²) in [6, 6.07) is 10.5. The van der Waals surface area contributed by atoms with Gasteiger partial charge in [0.25, 0.3) is 11.4 Å². The van der Waals surface area contributed by atoms with E-state index < -0.39 is 15.3 Å². The van der Waals surface area contributed by atoms with E-state index in [2.05, 4.69) is 35.7 Å². The monoisotopic (exact) mass is 654 g/mol. The Hall–Kier alpha value is -3.81. The normalized spacial score (nSPS) is 13.7. The summed E-state index contributed by atoms with van der Waals surface area (Å²) in [5.74, 6) is 0.502. The third kappa shape index (κ3) is 18.6. The molecule has 0 radical (unpaired) electrons. The van der Waals surface area contributed by atoms with E-state index in [0.717, 1.165) is 19.3 Å². The number of nitrogens with zero attached hydrogens (tertiary/aromatic N) is 4. The van der Waals surface area contributed by atoms with Crippen molar-refractivity contribution in [2.24, 2.45) is 0 Å². The van der Waals surface area contributed by atoms with Gasteiger partial charge < -0.3 is 24.6 Å². The van der Waals surface area contributed by atoms with Crippen molar-refractivity contribution in [3.8, 4) is 11.5 Å². The molecule has 14 heteroatoms. The Bertz CT molecular complexity index is 1110. The Labute approximate surface area is 272 Å². The number of hydrogen-bond acceptors (Lipinski definition) is 10. The van der Waals surface area contributed by atoms with Crippen LogP contribution in [0.2, 0.25) is 0 Å². The Morgan fingerprint density at radius 1 is 0.800 bits per heavy atom. The molecule has 0 atom stereocenters. The average Bonchev–Trinajstić information content (AvgIpc) is 3.09. The number of nitro benzene ring substituents is 2. The Morgan fingerprint density at radius 2 is 1.20 bits per heavy atom. The van der Waals surface area contributed by atoms with Gasteiger partial charge in [-0.3, -0.25) is 20.2 Å². The van der Waals surface area contributed by atoms with E-state index in [0.29, 0.717) is 18.8 Å². The van der Waals surface area contributed by atoms with Crippen LogP contribution in [0.4, 0.5) is 21.0 Å². The highest BCUT2D eigenvalue weighted by Crippen LogP contribution is 2.19. The highest BCUT2D eigenvalue weighted by molar-refractivity contribution is 6.61. The number of likely N-dealkylation sites (tertiary alicyclic amines) is 1. The zero-order chi connectivity index (χ0) is 34.7. The number of benzene rings is 2. The number of nitrogens with one attached hydrogen (secondary N) is 1. The summed E-state index contributed by atoms with van der Waals surface area (Å²) in [7, 11) is 1.25. The van der Waals surface area contributed by atoms with Gasteiger partial charge in [0.05, 0.1) is 9.85 Å². The van der Waals surface area contributed by atoms with E-state index in [-0.39, 0.29) is 23.2 Å². The van der Waals surface area contributed by atoms with Crippen molar-refractivity contribution >= 4 is 34.5 Å². The molecule has 2 aliphatic heterocycles. The van der Waals surface area contributed by atoms with E-state index in [9.17, 15) is 29.8 Å². The zero-order valence-electron chi connectivity index (χ0n) is 27.7. The molecule has 2 saturated heterocycles. The van der Waals surface area contributed by atoms with Crippen molar-refractivity contribution in [2.75, 3.05) is 45.8 Å². The minimum Gasteiger partial charge on any atom is -0.414 e. The third-order valence-corrected chi connectivity index (χ3v) is 6.74. The first kappa shape index (κ1) is 39.2. The van der Waals surface area contributed by atoms with Gasteiger partial charge in [-0.25, -0.2) is 9.59 Å². The number of piperidine rings is 2. The summed E-state index contributed by atoms with van der Waals surface area (Å²) in [6.07, 6.45) is 6.96. The third-order valence-electron chi connectivity index (χ3n) is 6.66. The summed E-state index contributed by atoms with van der Waals surface area (Å²) in [5.41, 5.74) is -1.07. The highest BCUT2D eigenvalue weighted by Gasteiger charge is 2.18. The van der Waals surface area contributed by atoms with Gasteiger partial charge in [0.2, 0.25) is 0 Å². The minimum absolute atomic E-state index is 0.0206. The number of nitro groups is 2. The number of hydrogen-bond donors (Lipinski definition) is 1. The van der Waals surface area contributed by atoms with E-state index in [4.69, 9.17) is 17.7 Å². The van der Waals surface area contributed by atoms with E-state index in [1.165, 1.54) is 108 Å². The van der Waals surface area contributed by atoms with Gasteiger partial charge in [0.15, 0.2) is 0 Å². The summed E-state index contributed by atoms with van der Waals surface area (Å²) in [5, 5.41) is 24.0. The Balaban J connectivity index is 0.000000630. The topological polar surface area (TPSA) is 157 Å². The lowest BCUT2D eigenvalue weighted by Crippen LogP contribution is -2.37. The largest absolute Gasteiger partial charge is 0.415 e. The molecule has 0 saturated carbocycles. The number of carbonyl (C=O) groups excluding carboxylic acids is 2. The van der Waals surface area contributed by atoms with Crippen LogP contribution < -0.4 is 14.8 Å². The van der Waals surface area contributed by atoms with Crippen molar-refractivity contribution < 1.29 is 30.3 Å². The van der Waals surface area contributed by atoms with E-state index in [1.807, 2.05) is 0 Å². The number of rotatable bonds is 7. The summed E-state index contributed by atoms with van der Waals surface area (Å²) < 4.78 is 15.4. The van der Waals surface area contributed by atoms with Crippen LogP contribution in [0.15, 0.2) is 48.5 Å². The number of non-ortho nitro benzene ring substituents is 2. The second-order valence-corrected chi connectivity index (χ2v) is 10.00. The van der Waals surface area contributed by atoms with Crippen molar-refractivity contribution in [1.29, 1.82) is 0 Å². The fourth-order valence-corrected chi connectivity index (χ4v) is 4.17. The highest BCUT2D eigenvalue weighted by atomic mass is 35.5. The van der Waals surface area contributed by atoms with Crippen molar-refractivity contribution in [3.05, 3.63) is 68.8 Å². The molecule has 2 aromatic rings. The number of amides is 1. The molecule has 252 valence electrons. The molecule has 2 aromatic carbocycles. The number of carbonyl (C=O) groups is 2. The lowest BCUT2D eigenvalue weighted by atomic mass is 10.1. The quantitative estimate of drug-likeness (QED) is 0.178. The van der Waals surface area contributed by atoms with E-state index >= 15 is 0 Å². The molecule has 0 spiro atoms. The smallest absolute Gasteiger partial charge is 0.414 e. The molecular formula is C31H48ClN5O8. The SMILES string of the molecule is C1CCNCC1.CCN(CC)CC.O=C(Cl)Oc1ccc([N+](=O)[O-])cc1.O=C(Oc1ccc([N+](=O)[O-])cc1)N1CCCCC1.[2H]C. The molecule has 4 rings (SSSR count). The van der Waals surface area contributed by atoms with Crippen LogP contribution in [0.1, 0.15) is 68.1 Å². The van der Waals surface area contributed by atoms with Gasteiger partial charge >= 0.3 is 11.5 Å². The Kier molecular flexibility index (Phi) is 21.4. The Morgan fingerprint density at radius 3 is 1.49 bits per heavy atom. The van der Waals surface area contributed by atoms with Crippen LogP contribution >= 0.6 is 11.6 Å². The van der Waals surface area contributed by atoms with Gasteiger partial charge in [0, 0.05) is 50.3 Å². The van der Waals surface area contributed by atoms with Crippen molar-refractivity contribution in [1.82, 2.24) is 15.1 Å². The van der Waals surface area contributed by atoms with Gasteiger partial charge in [-0.15, -0.1) is 0 Å². The molecule has 2 heterocycles. The van der Waals surface area contributed by atoms with Gasteiger partial charge in [-0.1, -0.05) is 34.6 Å². The summed E-state index contributed by atoms with van der Waals surface area (Å²) >= 11 is 4.92. The van der Waals surface area contributed by atoms with Crippen LogP contribution in [-0.2, 0) is 0 Å². The van der Waals surface area contributed by atoms with Crippen LogP contribution in [0.5, 0.6) is 11.5 Å². The first-order valence-electron chi connectivity index (χ1n) is 15.9. The number of halogens is 1. The predicted octanol–water partition coefficient (Wildman–Crippen LogP) is 7.66. The summed E-state index contributed by atoms with van der Waals surface area (Å²) in [4.78, 5) is 45.7. The molecule has 0 aromatic heterocycles. The van der Waals surface area contributed by atoms with Crippen LogP contribution in [0, 0.1) is 20.2 Å². The van der Waals surface area contributed by atoms with Crippen molar-refractivity contribution in [2.45, 2.75) is 66.7 Å². The van der Waals surface area contributed by atoms with Gasteiger partial charge in [-0.2, -0.15) is 0 Å². The maximum Gasteiger partial charge on any atom is 0.415 e. The molecular weight excluding hydrogens is 606 g/mol. The zero-order valence-corrected chi connectivity index (χ0v) is 27.5. The second-order valence-electron chi connectivity index (χ2n) is 9.69. The molecule has 0 unspecified atom stereocenters. The summed E-state index contributed by atoms with van der Waals surface area (Å²) in [6.45, 7) is 14.1. The van der Waals surface area contributed by atoms with Gasteiger partial charge in [-0.05, 0) is 89.1 Å². The molecule has 0 bridgehead atoms. The molecule has 45 heavy (non-hydrogen) atoms. The lowest BCUT2D eigenvalue weighted by molar-refractivity contribution is -0.385.